The lowest BCUT2D eigenvalue weighted by Gasteiger charge is -2.23. The van der Waals surface area contributed by atoms with Crippen molar-refractivity contribution in [2.45, 2.75) is 52.4 Å². The Hall–Kier alpha value is -2.01. The first-order valence-electron chi connectivity index (χ1n) is 9.01. The maximum atomic E-state index is 12.5. The maximum Gasteiger partial charge on any atom is 0.498 e. The predicted molar refractivity (Wildman–Crippen MR) is 105 cm³/mol. The van der Waals surface area contributed by atoms with Crippen LogP contribution in [0.2, 0.25) is 6.04 Å². The fraction of sp³-hybridized carbons (Fsp3) is 0.588. The molecule has 27 heavy (non-hydrogen) atoms. The molecule has 0 amide bonds. The fourth-order valence-electron chi connectivity index (χ4n) is 2.58. The molecule has 1 aromatic rings. The van der Waals surface area contributed by atoms with Crippen molar-refractivity contribution in [2.24, 2.45) is 0 Å². The van der Waals surface area contributed by atoms with Gasteiger partial charge in [0.05, 0.1) is 13.1 Å². The SMILES string of the molecule is C=CCn1c(=O)n(CC=C)c(=O)n(CCC[Si](O)(OCC)OCCC)c1=O. The van der Waals surface area contributed by atoms with Crippen molar-refractivity contribution >= 4 is 8.80 Å². The van der Waals surface area contributed by atoms with Gasteiger partial charge in [0.1, 0.15) is 0 Å². The van der Waals surface area contributed by atoms with Gasteiger partial charge in [-0.05, 0) is 19.8 Å². The Labute approximate surface area is 159 Å². The lowest BCUT2D eigenvalue weighted by Crippen LogP contribution is -2.54. The van der Waals surface area contributed by atoms with Crippen molar-refractivity contribution in [1.82, 2.24) is 13.7 Å². The van der Waals surface area contributed by atoms with E-state index in [4.69, 9.17) is 8.85 Å². The molecular formula is C17H29N3O6Si. The first-order valence-corrected chi connectivity index (χ1v) is 11.0. The summed E-state index contributed by atoms with van der Waals surface area (Å²) in [6.07, 6.45) is 3.85. The van der Waals surface area contributed by atoms with Gasteiger partial charge in [0.2, 0.25) is 0 Å². The van der Waals surface area contributed by atoms with Crippen LogP contribution >= 0.6 is 0 Å². The summed E-state index contributed by atoms with van der Waals surface area (Å²) in [5.41, 5.74) is -2.12. The lowest BCUT2D eigenvalue weighted by atomic mass is 10.4. The van der Waals surface area contributed by atoms with Crippen molar-refractivity contribution in [1.29, 1.82) is 0 Å². The molecule has 1 rings (SSSR count). The van der Waals surface area contributed by atoms with E-state index < -0.39 is 25.9 Å². The highest BCUT2D eigenvalue weighted by Gasteiger charge is 2.35. The molecule has 0 aliphatic rings. The number of nitrogens with zero attached hydrogens (tertiary/aromatic N) is 3. The van der Waals surface area contributed by atoms with Crippen molar-refractivity contribution in [2.75, 3.05) is 13.2 Å². The number of allylic oxidation sites excluding steroid dienone is 2. The van der Waals surface area contributed by atoms with Gasteiger partial charge in [-0.1, -0.05) is 19.1 Å². The molecule has 0 saturated carbocycles. The minimum atomic E-state index is -3.35. The molecule has 0 bridgehead atoms. The van der Waals surface area contributed by atoms with E-state index in [9.17, 15) is 19.2 Å². The molecule has 0 fully saturated rings. The molecule has 9 nitrogen and oxygen atoms in total. The van der Waals surface area contributed by atoms with Crippen LogP contribution in [-0.4, -0.2) is 40.5 Å². The molecule has 0 saturated heterocycles. The third kappa shape index (κ3) is 5.99. The van der Waals surface area contributed by atoms with Gasteiger partial charge in [-0.2, -0.15) is 0 Å². The summed E-state index contributed by atoms with van der Waals surface area (Å²) in [5.74, 6) is 0. The van der Waals surface area contributed by atoms with E-state index in [1.165, 1.54) is 12.2 Å². The summed E-state index contributed by atoms with van der Waals surface area (Å²) in [7, 11) is -3.35. The van der Waals surface area contributed by atoms with E-state index in [1.807, 2.05) is 6.92 Å². The monoisotopic (exact) mass is 399 g/mol. The third-order valence-electron chi connectivity index (χ3n) is 3.78. The molecule has 0 aliphatic carbocycles. The molecule has 1 heterocycles. The lowest BCUT2D eigenvalue weighted by molar-refractivity contribution is 0.102. The van der Waals surface area contributed by atoms with E-state index in [2.05, 4.69) is 13.2 Å². The average molecular weight is 400 g/mol. The van der Waals surface area contributed by atoms with Crippen molar-refractivity contribution < 1.29 is 13.6 Å². The Morgan fingerprint density at radius 2 is 1.48 bits per heavy atom. The first kappa shape index (κ1) is 23.0. The molecule has 0 radical (unpaired) electrons. The smallest absolute Gasteiger partial charge is 0.390 e. The van der Waals surface area contributed by atoms with Crippen LogP contribution in [0.5, 0.6) is 0 Å². The normalized spacial score (nSPS) is 13.3. The number of aromatic nitrogens is 3. The van der Waals surface area contributed by atoms with Gasteiger partial charge >= 0.3 is 25.9 Å². The van der Waals surface area contributed by atoms with Crippen molar-refractivity contribution in [3.05, 3.63) is 56.8 Å². The van der Waals surface area contributed by atoms with Gasteiger partial charge in [-0.15, -0.1) is 13.2 Å². The molecule has 10 heteroatoms. The second kappa shape index (κ2) is 11.0. The molecule has 0 spiro atoms. The van der Waals surface area contributed by atoms with E-state index in [0.717, 1.165) is 20.1 Å². The van der Waals surface area contributed by atoms with Gasteiger partial charge in [0.15, 0.2) is 0 Å². The van der Waals surface area contributed by atoms with Crippen LogP contribution in [0.3, 0.4) is 0 Å². The quantitative estimate of drug-likeness (QED) is 0.379. The molecule has 152 valence electrons. The Morgan fingerprint density at radius 1 is 0.963 bits per heavy atom. The van der Waals surface area contributed by atoms with E-state index in [0.29, 0.717) is 19.6 Å². The van der Waals surface area contributed by atoms with Gasteiger partial charge in [0.25, 0.3) is 0 Å². The summed E-state index contributed by atoms with van der Waals surface area (Å²) < 4.78 is 13.7. The molecule has 0 aromatic carbocycles. The summed E-state index contributed by atoms with van der Waals surface area (Å²) >= 11 is 0. The van der Waals surface area contributed by atoms with Crippen LogP contribution in [0.25, 0.3) is 0 Å². The third-order valence-corrected chi connectivity index (χ3v) is 6.17. The number of hydrogen-bond donors (Lipinski definition) is 1. The average Bonchev–Trinajstić information content (AvgIpc) is 2.64. The van der Waals surface area contributed by atoms with Crippen LogP contribution < -0.4 is 17.1 Å². The zero-order valence-corrected chi connectivity index (χ0v) is 17.1. The zero-order valence-electron chi connectivity index (χ0n) is 16.1. The van der Waals surface area contributed by atoms with Crippen LogP contribution in [0.15, 0.2) is 39.7 Å². The molecule has 1 aromatic heterocycles. The van der Waals surface area contributed by atoms with Gasteiger partial charge < -0.3 is 13.6 Å². The Balaban J connectivity index is 3.14. The minimum Gasteiger partial charge on any atom is -0.390 e. The van der Waals surface area contributed by atoms with Crippen molar-refractivity contribution in [3.8, 4) is 0 Å². The second-order valence-electron chi connectivity index (χ2n) is 5.90. The molecule has 1 atom stereocenters. The minimum absolute atomic E-state index is 0.00761. The second-order valence-corrected chi connectivity index (χ2v) is 8.40. The van der Waals surface area contributed by atoms with Crippen LogP contribution in [0.1, 0.15) is 26.7 Å². The highest BCUT2D eigenvalue weighted by atomic mass is 28.4. The predicted octanol–water partition coefficient (Wildman–Crippen LogP) is 0.328. The number of hydrogen-bond acceptors (Lipinski definition) is 6. The van der Waals surface area contributed by atoms with Gasteiger partial charge in [-0.3, -0.25) is 0 Å². The highest BCUT2D eigenvalue weighted by molar-refractivity contribution is 6.59. The standard InChI is InChI=1S/C17H29N3O6Si/c1-5-10-18-15(21)19(11-6-2)17(23)20(16(18)22)12-9-14-27(24,25-8-4)26-13-7-3/h5-6,24H,1-2,7-14H2,3-4H3. The van der Waals surface area contributed by atoms with Crippen LogP contribution in [0.4, 0.5) is 0 Å². The highest BCUT2D eigenvalue weighted by Crippen LogP contribution is 2.13. The molecule has 1 N–H and O–H groups in total. The fourth-order valence-corrected chi connectivity index (χ4v) is 4.53. The van der Waals surface area contributed by atoms with Crippen molar-refractivity contribution in [3.63, 3.8) is 0 Å². The topological polar surface area (TPSA) is 105 Å². The van der Waals surface area contributed by atoms with E-state index >= 15 is 0 Å². The van der Waals surface area contributed by atoms with Gasteiger partial charge in [0, 0.05) is 25.8 Å². The number of rotatable bonds is 13. The summed E-state index contributed by atoms with van der Waals surface area (Å²) in [6.45, 7) is 11.4. The summed E-state index contributed by atoms with van der Waals surface area (Å²) in [6, 6.07) is 0.203. The molecule has 1 unspecified atom stereocenters. The molecular weight excluding hydrogens is 370 g/mol. The summed E-state index contributed by atoms with van der Waals surface area (Å²) in [4.78, 5) is 47.9. The van der Waals surface area contributed by atoms with Gasteiger partial charge in [-0.25, -0.2) is 28.1 Å². The van der Waals surface area contributed by atoms with E-state index in [-0.39, 0.29) is 25.7 Å². The van der Waals surface area contributed by atoms with Crippen LogP contribution in [0, 0.1) is 0 Å². The largest absolute Gasteiger partial charge is 0.498 e. The van der Waals surface area contributed by atoms with E-state index in [1.54, 1.807) is 6.92 Å². The Bertz CT molecular complexity index is 764. The van der Waals surface area contributed by atoms with Crippen LogP contribution in [-0.2, 0) is 28.5 Å². The zero-order chi connectivity index (χ0) is 20.4. The first-order chi connectivity index (χ1) is 12.8. The molecule has 0 aliphatic heterocycles. The summed E-state index contributed by atoms with van der Waals surface area (Å²) in [5, 5.41) is 0. The maximum absolute atomic E-state index is 12.5. The Kier molecular flexibility index (Phi) is 9.36. The Morgan fingerprint density at radius 3 is 1.93 bits per heavy atom.